The van der Waals surface area contributed by atoms with Crippen molar-refractivity contribution in [3.8, 4) is 5.75 Å². The van der Waals surface area contributed by atoms with E-state index in [1.165, 1.54) is 0 Å². The van der Waals surface area contributed by atoms with Gasteiger partial charge in [-0.15, -0.1) is 0 Å². The summed E-state index contributed by atoms with van der Waals surface area (Å²) in [7, 11) is 3.39. The van der Waals surface area contributed by atoms with E-state index >= 15 is 0 Å². The van der Waals surface area contributed by atoms with Crippen molar-refractivity contribution in [1.29, 1.82) is 0 Å². The van der Waals surface area contributed by atoms with Crippen molar-refractivity contribution in [2.45, 2.75) is 0 Å². The molecule has 5 heteroatoms. The molecule has 0 spiro atoms. The largest absolute Gasteiger partial charge is 0.497 e. The lowest BCUT2D eigenvalue weighted by Crippen LogP contribution is -2.20. The van der Waals surface area contributed by atoms with Gasteiger partial charge in [-0.2, -0.15) is 0 Å². The molecule has 2 heterocycles. The summed E-state index contributed by atoms with van der Waals surface area (Å²) in [6.07, 6.45) is 5.74. The fourth-order valence-corrected chi connectivity index (χ4v) is 2.93. The zero-order valence-corrected chi connectivity index (χ0v) is 14.0. The van der Waals surface area contributed by atoms with Gasteiger partial charge >= 0.3 is 0 Å². The van der Waals surface area contributed by atoms with E-state index in [4.69, 9.17) is 4.74 Å². The Labute approximate surface area is 144 Å². The predicted molar refractivity (Wildman–Crippen MR) is 101 cm³/mol. The molecule has 0 unspecified atom stereocenters. The highest BCUT2D eigenvalue weighted by atomic mass is 16.5. The number of H-pyrrole nitrogens is 1. The lowest BCUT2D eigenvalue weighted by atomic mass is 10.1. The van der Waals surface area contributed by atoms with Crippen LogP contribution in [-0.4, -0.2) is 21.6 Å². The summed E-state index contributed by atoms with van der Waals surface area (Å²) in [6.45, 7) is 0. The van der Waals surface area contributed by atoms with Crippen LogP contribution >= 0.6 is 0 Å². The Morgan fingerprint density at radius 2 is 1.96 bits per heavy atom. The van der Waals surface area contributed by atoms with Crippen LogP contribution in [0.2, 0.25) is 0 Å². The molecule has 4 aromatic rings. The van der Waals surface area contributed by atoms with Gasteiger partial charge in [0.2, 0.25) is 0 Å². The van der Waals surface area contributed by atoms with Gasteiger partial charge in [0.25, 0.3) is 5.56 Å². The van der Waals surface area contributed by atoms with Crippen molar-refractivity contribution in [2.75, 3.05) is 7.11 Å². The molecule has 0 saturated heterocycles. The molecule has 0 atom stereocenters. The van der Waals surface area contributed by atoms with Crippen LogP contribution < -0.4 is 10.3 Å². The number of fused-ring (bicyclic) bond motifs is 2. The molecule has 0 amide bonds. The van der Waals surface area contributed by atoms with Crippen LogP contribution in [0.15, 0.2) is 53.5 Å². The third kappa shape index (κ3) is 2.59. The minimum Gasteiger partial charge on any atom is -0.497 e. The van der Waals surface area contributed by atoms with Crippen LogP contribution in [0, 0.1) is 0 Å². The van der Waals surface area contributed by atoms with Gasteiger partial charge in [-0.05, 0) is 42.5 Å². The van der Waals surface area contributed by atoms with E-state index in [9.17, 15) is 4.79 Å². The highest BCUT2D eigenvalue weighted by Crippen LogP contribution is 2.25. The summed E-state index contributed by atoms with van der Waals surface area (Å²) in [6, 6.07) is 13.3. The topological polar surface area (TPSA) is 59.9 Å². The number of benzene rings is 2. The Morgan fingerprint density at radius 1 is 1.12 bits per heavy atom. The zero-order chi connectivity index (χ0) is 17.4. The minimum absolute atomic E-state index is 0.0501. The van der Waals surface area contributed by atoms with E-state index in [-0.39, 0.29) is 5.56 Å². The van der Waals surface area contributed by atoms with E-state index in [2.05, 4.69) is 9.97 Å². The number of rotatable bonds is 3. The molecular formula is C20H17N3O2. The molecule has 0 aliphatic carbocycles. The van der Waals surface area contributed by atoms with Gasteiger partial charge in [0, 0.05) is 29.7 Å². The minimum atomic E-state index is -0.0501. The number of nitrogens with one attached hydrogen (secondary N) is 1. The first kappa shape index (κ1) is 15.2. The molecule has 0 saturated carbocycles. The van der Waals surface area contributed by atoms with E-state index in [1.807, 2.05) is 54.7 Å². The van der Waals surface area contributed by atoms with Crippen LogP contribution in [0.1, 0.15) is 11.4 Å². The molecule has 1 N–H and O–H groups in total. The van der Waals surface area contributed by atoms with Gasteiger partial charge in [0.1, 0.15) is 11.6 Å². The Bertz CT molecular complexity index is 1170. The lowest BCUT2D eigenvalue weighted by molar-refractivity contribution is 0.415. The highest BCUT2D eigenvalue weighted by molar-refractivity contribution is 5.92. The summed E-state index contributed by atoms with van der Waals surface area (Å²) < 4.78 is 6.86. The maximum absolute atomic E-state index is 12.5. The Hall–Kier alpha value is -3.34. The number of ether oxygens (including phenoxy) is 1. The number of aromatic nitrogens is 3. The molecule has 25 heavy (non-hydrogen) atoms. The summed E-state index contributed by atoms with van der Waals surface area (Å²) >= 11 is 0. The van der Waals surface area contributed by atoms with Crippen molar-refractivity contribution >= 4 is 34.0 Å². The first-order valence-electron chi connectivity index (χ1n) is 7.96. The summed E-state index contributed by atoms with van der Waals surface area (Å²) in [5.41, 5.74) is 2.69. The molecule has 2 aromatic carbocycles. The third-order valence-electron chi connectivity index (χ3n) is 4.35. The van der Waals surface area contributed by atoms with Crippen LogP contribution in [-0.2, 0) is 7.05 Å². The molecule has 2 aromatic heterocycles. The van der Waals surface area contributed by atoms with Crippen molar-refractivity contribution in [1.82, 2.24) is 14.5 Å². The number of hydrogen-bond acceptors (Lipinski definition) is 3. The average molecular weight is 331 g/mol. The number of aromatic amines is 1. The van der Waals surface area contributed by atoms with Crippen molar-refractivity contribution < 1.29 is 4.74 Å². The number of para-hydroxylation sites is 1. The van der Waals surface area contributed by atoms with Gasteiger partial charge in [-0.3, -0.25) is 9.36 Å². The van der Waals surface area contributed by atoms with E-state index < -0.39 is 0 Å². The Kier molecular flexibility index (Phi) is 3.61. The molecule has 124 valence electrons. The maximum atomic E-state index is 12.5. The molecule has 0 aliphatic heterocycles. The predicted octanol–water partition coefficient (Wildman–Crippen LogP) is 3.59. The molecule has 0 bridgehead atoms. The second kappa shape index (κ2) is 5.94. The van der Waals surface area contributed by atoms with Crippen LogP contribution in [0.5, 0.6) is 5.75 Å². The lowest BCUT2D eigenvalue weighted by Gasteiger charge is -2.05. The second-order valence-electron chi connectivity index (χ2n) is 5.84. The smallest absolute Gasteiger partial charge is 0.261 e. The summed E-state index contributed by atoms with van der Waals surface area (Å²) in [5.74, 6) is 1.42. The maximum Gasteiger partial charge on any atom is 0.261 e. The Balaban J connectivity index is 1.81. The third-order valence-corrected chi connectivity index (χ3v) is 4.35. The van der Waals surface area contributed by atoms with Gasteiger partial charge in [-0.25, -0.2) is 4.98 Å². The van der Waals surface area contributed by atoms with Crippen LogP contribution in [0.4, 0.5) is 0 Å². The first-order valence-corrected chi connectivity index (χ1v) is 7.96. The van der Waals surface area contributed by atoms with Gasteiger partial charge in [0.05, 0.1) is 18.0 Å². The van der Waals surface area contributed by atoms with Crippen LogP contribution in [0.25, 0.3) is 34.0 Å². The second-order valence-corrected chi connectivity index (χ2v) is 5.84. The van der Waals surface area contributed by atoms with E-state index in [0.29, 0.717) is 16.7 Å². The zero-order valence-electron chi connectivity index (χ0n) is 14.0. The van der Waals surface area contributed by atoms with Gasteiger partial charge in [0.15, 0.2) is 0 Å². The summed E-state index contributed by atoms with van der Waals surface area (Å²) in [4.78, 5) is 20.3. The van der Waals surface area contributed by atoms with Gasteiger partial charge < -0.3 is 9.72 Å². The summed E-state index contributed by atoms with van der Waals surface area (Å²) in [5, 5.41) is 1.68. The monoisotopic (exact) mass is 331 g/mol. The molecule has 0 aliphatic rings. The quantitative estimate of drug-likeness (QED) is 0.624. The first-order chi connectivity index (χ1) is 12.2. The average Bonchev–Trinajstić information content (AvgIpc) is 3.05. The molecule has 0 fully saturated rings. The molecule has 5 nitrogen and oxygen atoms in total. The van der Waals surface area contributed by atoms with E-state index in [0.717, 1.165) is 22.2 Å². The molecule has 0 radical (unpaired) electrons. The van der Waals surface area contributed by atoms with Crippen molar-refractivity contribution in [3.05, 3.63) is 70.4 Å². The number of hydrogen-bond donors (Lipinski definition) is 1. The van der Waals surface area contributed by atoms with E-state index in [1.54, 1.807) is 24.8 Å². The number of nitrogens with zero attached hydrogens (tertiary/aromatic N) is 2. The molecular weight excluding hydrogens is 314 g/mol. The fourth-order valence-electron chi connectivity index (χ4n) is 2.93. The highest BCUT2D eigenvalue weighted by Gasteiger charge is 2.06. The fraction of sp³-hybridized carbons (Fsp3) is 0.100. The van der Waals surface area contributed by atoms with Crippen molar-refractivity contribution in [3.63, 3.8) is 0 Å². The number of methoxy groups -OCH3 is 1. The normalized spacial score (nSPS) is 11.6. The molecule has 4 rings (SSSR count). The van der Waals surface area contributed by atoms with Gasteiger partial charge in [-0.1, -0.05) is 12.1 Å². The SMILES string of the molecule is COc1ccc2[nH]cc(/C=C/c3nc4ccccc4c(=O)n3C)c2c1. The standard InChI is InChI=1S/C20H17N3O2/c1-23-19(22-18-6-4-3-5-15(18)20(23)24)10-7-13-12-21-17-9-8-14(25-2)11-16(13)17/h3-12,21H,1-2H3/b10-7+. The van der Waals surface area contributed by atoms with Crippen LogP contribution in [0.3, 0.4) is 0 Å². The Morgan fingerprint density at radius 3 is 2.80 bits per heavy atom. The van der Waals surface area contributed by atoms with Crippen molar-refractivity contribution in [2.24, 2.45) is 7.05 Å².